The molecule has 280 valence electrons. The van der Waals surface area contributed by atoms with Gasteiger partial charge in [0.25, 0.3) is 0 Å². The smallest absolute Gasteiger partial charge is 0.306 e. The van der Waals surface area contributed by atoms with Crippen molar-refractivity contribution in [2.24, 2.45) is 0 Å². The molecule has 0 aliphatic carbocycles. The Hall–Kier alpha value is -1.88. The fourth-order valence-corrected chi connectivity index (χ4v) is 5.75. The molecular formula is C43H78O5. The van der Waals surface area contributed by atoms with Crippen LogP contribution in [0.15, 0.2) is 36.5 Å². The molecule has 0 aromatic carbocycles. The van der Waals surface area contributed by atoms with E-state index in [4.69, 9.17) is 9.47 Å². The lowest BCUT2D eigenvalue weighted by Gasteiger charge is -2.15. The van der Waals surface area contributed by atoms with Gasteiger partial charge in [-0.25, -0.2) is 0 Å². The summed E-state index contributed by atoms with van der Waals surface area (Å²) in [7, 11) is 0. The molecule has 0 aliphatic heterocycles. The largest absolute Gasteiger partial charge is 0.462 e. The van der Waals surface area contributed by atoms with E-state index in [-0.39, 0.29) is 25.2 Å². The van der Waals surface area contributed by atoms with Gasteiger partial charge in [-0.1, -0.05) is 159 Å². The second-order valence-corrected chi connectivity index (χ2v) is 13.7. The second kappa shape index (κ2) is 39.6. The van der Waals surface area contributed by atoms with E-state index < -0.39 is 6.10 Å². The molecule has 0 amide bonds. The minimum absolute atomic E-state index is 0.0713. The van der Waals surface area contributed by atoms with E-state index in [0.29, 0.717) is 12.8 Å². The lowest BCUT2D eigenvalue weighted by molar-refractivity contribution is -0.161. The maximum atomic E-state index is 12.2. The number of rotatable bonds is 37. The van der Waals surface area contributed by atoms with Crippen LogP contribution in [0.25, 0.3) is 0 Å². The molecule has 1 atom stereocenters. The Labute approximate surface area is 297 Å². The third-order valence-corrected chi connectivity index (χ3v) is 8.91. The standard InChI is InChI=1S/C43H78O5/c1-3-5-7-9-11-13-15-17-19-20-21-22-24-25-27-29-31-33-35-37-42(45)47-40-41(39-44)48-43(46)38-36-34-32-30-28-26-23-18-16-14-12-10-8-6-4-2/h12,14,17-19,23,41,44H,3-11,13,15-16,20-22,24-40H2,1-2H3/t41-/m0/s1. The van der Waals surface area contributed by atoms with E-state index in [2.05, 4.69) is 50.3 Å². The first-order valence-corrected chi connectivity index (χ1v) is 20.5. The molecule has 0 fully saturated rings. The molecule has 1 N–H and O–H groups in total. The zero-order valence-electron chi connectivity index (χ0n) is 31.7. The monoisotopic (exact) mass is 675 g/mol. The van der Waals surface area contributed by atoms with Crippen LogP contribution >= 0.6 is 0 Å². The number of hydrogen-bond donors (Lipinski definition) is 1. The SMILES string of the molecule is CCCCCC=CCC=CCCCCCCCC(=O)O[C@@H](CO)COC(=O)CCCCCCCCCCCC=CCCCCCCCC. The van der Waals surface area contributed by atoms with Gasteiger partial charge in [0.2, 0.25) is 0 Å². The minimum atomic E-state index is -0.777. The molecule has 0 saturated heterocycles. The van der Waals surface area contributed by atoms with Gasteiger partial charge in [0.05, 0.1) is 6.61 Å². The number of aliphatic hydroxyl groups is 1. The molecule has 0 aromatic heterocycles. The molecule has 0 saturated carbocycles. The third kappa shape index (κ3) is 36.9. The van der Waals surface area contributed by atoms with Crippen LogP contribution in [-0.4, -0.2) is 36.4 Å². The number of aliphatic hydroxyl groups excluding tert-OH is 1. The zero-order chi connectivity index (χ0) is 35.0. The Morgan fingerprint density at radius 1 is 0.479 bits per heavy atom. The Morgan fingerprint density at radius 2 is 0.833 bits per heavy atom. The Kier molecular flexibility index (Phi) is 38.0. The molecule has 0 aliphatic rings. The highest BCUT2D eigenvalue weighted by atomic mass is 16.6. The maximum Gasteiger partial charge on any atom is 0.306 e. The van der Waals surface area contributed by atoms with E-state index >= 15 is 0 Å². The Balaban J connectivity index is 3.55. The molecular weight excluding hydrogens is 596 g/mol. The van der Waals surface area contributed by atoms with Crippen molar-refractivity contribution < 1.29 is 24.2 Å². The lowest BCUT2D eigenvalue weighted by atomic mass is 10.1. The first-order chi connectivity index (χ1) is 23.6. The van der Waals surface area contributed by atoms with E-state index in [0.717, 1.165) is 51.4 Å². The molecule has 48 heavy (non-hydrogen) atoms. The van der Waals surface area contributed by atoms with Crippen LogP contribution in [0.2, 0.25) is 0 Å². The minimum Gasteiger partial charge on any atom is -0.462 e. The predicted molar refractivity (Wildman–Crippen MR) is 205 cm³/mol. The first kappa shape index (κ1) is 46.1. The van der Waals surface area contributed by atoms with Gasteiger partial charge in [-0.15, -0.1) is 0 Å². The number of esters is 2. The fourth-order valence-electron chi connectivity index (χ4n) is 5.75. The lowest BCUT2D eigenvalue weighted by Crippen LogP contribution is -2.28. The Morgan fingerprint density at radius 3 is 1.29 bits per heavy atom. The highest BCUT2D eigenvalue weighted by Crippen LogP contribution is 2.13. The summed E-state index contributed by atoms with van der Waals surface area (Å²) in [5.74, 6) is -0.606. The summed E-state index contributed by atoms with van der Waals surface area (Å²) in [6.07, 6.45) is 47.7. The first-order valence-electron chi connectivity index (χ1n) is 20.5. The molecule has 0 aromatic rings. The van der Waals surface area contributed by atoms with Crippen LogP contribution < -0.4 is 0 Å². The zero-order valence-corrected chi connectivity index (χ0v) is 31.7. The highest BCUT2D eigenvalue weighted by molar-refractivity contribution is 5.70. The molecule has 0 unspecified atom stereocenters. The predicted octanol–water partition coefficient (Wildman–Crippen LogP) is 12.8. The number of ether oxygens (including phenoxy) is 2. The average molecular weight is 675 g/mol. The molecule has 0 bridgehead atoms. The topological polar surface area (TPSA) is 72.8 Å². The summed E-state index contributed by atoms with van der Waals surface area (Å²) in [6.45, 7) is 4.10. The molecule has 0 rings (SSSR count). The van der Waals surface area contributed by atoms with Gasteiger partial charge < -0.3 is 14.6 Å². The summed E-state index contributed by atoms with van der Waals surface area (Å²) < 4.78 is 10.6. The summed E-state index contributed by atoms with van der Waals surface area (Å²) in [5.41, 5.74) is 0. The number of allylic oxidation sites excluding steroid dienone is 6. The van der Waals surface area contributed by atoms with Crippen molar-refractivity contribution in [1.82, 2.24) is 0 Å². The summed E-state index contributed by atoms with van der Waals surface area (Å²) in [6, 6.07) is 0. The van der Waals surface area contributed by atoms with Crippen molar-refractivity contribution in [3.8, 4) is 0 Å². The van der Waals surface area contributed by atoms with Crippen LogP contribution in [0.5, 0.6) is 0 Å². The van der Waals surface area contributed by atoms with Crippen molar-refractivity contribution in [3.63, 3.8) is 0 Å². The summed E-state index contributed by atoms with van der Waals surface area (Å²) >= 11 is 0. The summed E-state index contributed by atoms with van der Waals surface area (Å²) in [5, 5.41) is 9.56. The van der Waals surface area contributed by atoms with Gasteiger partial charge in [0.15, 0.2) is 6.10 Å². The van der Waals surface area contributed by atoms with E-state index in [1.165, 1.54) is 128 Å². The van der Waals surface area contributed by atoms with E-state index in [1.807, 2.05) is 0 Å². The van der Waals surface area contributed by atoms with Crippen molar-refractivity contribution in [1.29, 1.82) is 0 Å². The maximum absolute atomic E-state index is 12.2. The molecule has 5 heteroatoms. The second-order valence-electron chi connectivity index (χ2n) is 13.7. The van der Waals surface area contributed by atoms with Gasteiger partial charge in [-0.3, -0.25) is 9.59 Å². The number of hydrogen-bond acceptors (Lipinski definition) is 5. The average Bonchev–Trinajstić information content (AvgIpc) is 3.09. The fraction of sp³-hybridized carbons (Fsp3) is 0.814. The molecule has 0 radical (unpaired) electrons. The van der Waals surface area contributed by atoms with Gasteiger partial charge in [-0.2, -0.15) is 0 Å². The van der Waals surface area contributed by atoms with Gasteiger partial charge in [0.1, 0.15) is 6.61 Å². The summed E-state index contributed by atoms with van der Waals surface area (Å²) in [4.78, 5) is 24.3. The van der Waals surface area contributed by atoms with Gasteiger partial charge in [-0.05, 0) is 70.6 Å². The van der Waals surface area contributed by atoms with Crippen molar-refractivity contribution in [2.75, 3.05) is 13.2 Å². The highest BCUT2D eigenvalue weighted by Gasteiger charge is 2.16. The normalized spacial score (nSPS) is 12.5. The number of carbonyl (C=O) groups is 2. The quantitative estimate of drug-likeness (QED) is 0.0403. The van der Waals surface area contributed by atoms with Crippen molar-refractivity contribution in [2.45, 2.75) is 213 Å². The number of unbranched alkanes of at least 4 members (excludes halogenated alkanes) is 23. The molecule has 0 spiro atoms. The van der Waals surface area contributed by atoms with Gasteiger partial charge >= 0.3 is 11.9 Å². The van der Waals surface area contributed by atoms with E-state index in [9.17, 15) is 14.7 Å². The third-order valence-electron chi connectivity index (χ3n) is 8.91. The van der Waals surface area contributed by atoms with Crippen LogP contribution in [-0.2, 0) is 19.1 Å². The van der Waals surface area contributed by atoms with Gasteiger partial charge in [0, 0.05) is 12.8 Å². The molecule has 0 heterocycles. The van der Waals surface area contributed by atoms with Crippen LogP contribution in [0.3, 0.4) is 0 Å². The van der Waals surface area contributed by atoms with Crippen LogP contribution in [0.1, 0.15) is 206 Å². The number of carbonyl (C=O) groups excluding carboxylic acids is 2. The Bertz CT molecular complexity index is 771. The van der Waals surface area contributed by atoms with Crippen LogP contribution in [0.4, 0.5) is 0 Å². The van der Waals surface area contributed by atoms with Crippen molar-refractivity contribution >= 4 is 11.9 Å². The molecule has 5 nitrogen and oxygen atoms in total. The van der Waals surface area contributed by atoms with Crippen molar-refractivity contribution in [3.05, 3.63) is 36.5 Å². The van der Waals surface area contributed by atoms with E-state index in [1.54, 1.807) is 0 Å². The van der Waals surface area contributed by atoms with Crippen LogP contribution in [0, 0.1) is 0 Å².